The van der Waals surface area contributed by atoms with Crippen molar-refractivity contribution in [1.82, 2.24) is 29.9 Å². The van der Waals surface area contributed by atoms with E-state index in [9.17, 15) is 10.2 Å². The summed E-state index contributed by atoms with van der Waals surface area (Å²) in [5, 5.41) is 36.1. The van der Waals surface area contributed by atoms with Crippen LogP contribution in [0.2, 0.25) is 0 Å². The zero-order chi connectivity index (χ0) is 29.3. The summed E-state index contributed by atoms with van der Waals surface area (Å²) >= 11 is 0. The average Bonchev–Trinajstić information content (AvgIpc) is 3.06. The molecular formula is C28H22N12O2. The first-order valence-corrected chi connectivity index (χ1v) is 12.3. The first-order chi connectivity index (χ1) is 20.5. The number of nitrogens with zero attached hydrogens (tertiary/aromatic N) is 10. The summed E-state index contributed by atoms with van der Waals surface area (Å²) < 4.78 is 0. The molecule has 0 atom stereocenters. The van der Waals surface area contributed by atoms with Gasteiger partial charge in [0.2, 0.25) is 0 Å². The third kappa shape index (κ3) is 6.58. The van der Waals surface area contributed by atoms with E-state index in [0.29, 0.717) is 22.8 Å². The van der Waals surface area contributed by atoms with Gasteiger partial charge in [-0.15, -0.1) is 20.4 Å². The average molecular weight is 559 g/mol. The Morgan fingerprint density at radius 1 is 0.500 bits per heavy atom. The van der Waals surface area contributed by atoms with Crippen molar-refractivity contribution in [2.24, 2.45) is 31.9 Å². The predicted molar refractivity (Wildman–Crippen MR) is 157 cm³/mol. The molecule has 5 aromatic heterocycles. The van der Waals surface area contributed by atoms with Crippen LogP contribution in [0.5, 0.6) is 0 Å². The highest BCUT2D eigenvalue weighted by molar-refractivity contribution is 6.01. The Bertz CT molecular complexity index is 1690. The lowest BCUT2D eigenvalue weighted by Gasteiger charge is -2.03. The summed E-state index contributed by atoms with van der Waals surface area (Å²) in [6, 6.07) is 22.3. The molecule has 0 saturated carbocycles. The van der Waals surface area contributed by atoms with E-state index < -0.39 is 11.8 Å². The molecule has 0 saturated heterocycles. The van der Waals surface area contributed by atoms with Gasteiger partial charge in [-0.05, 0) is 54.6 Å². The number of hydrogen-bond acceptors (Lipinski definition) is 10. The van der Waals surface area contributed by atoms with Crippen LogP contribution in [0.15, 0.2) is 118 Å². The number of aliphatic hydroxyl groups is 2. The minimum atomic E-state index is -0.461. The molecule has 6 N–H and O–H groups in total. The van der Waals surface area contributed by atoms with E-state index in [4.69, 9.17) is 11.5 Å². The number of aromatic nitrogens is 6. The first kappa shape index (κ1) is 27.1. The number of pyridine rings is 4. The van der Waals surface area contributed by atoms with E-state index in [1.165, 1.54) is 12.4 Å². The van der Waals surface area contributed by atoms with Gasteiger partial charge in [0.1, 0.15) is 29.1 Å². The lowest BCUT2D eigenvalue weighted by molar-refractivity contribution is 0.548. The van der Waals surface area contributed by atoms with Gasteiger partial charge in [0.25, 0.3) is 11.8 Å². The van der Waals surface area contributed by atoms with Crippen molar-refractivity contribution in [3.05, 3.63) is 120 Å². The number of aliphatic hydroxyl groups excluding tert-OH is 2. The quantitative estimate of drug-likeness (QED) is 0.124. The van der Waals surface area contributed by atoms with Crippen molar-refractivity contribution in [3.63, 3.8) is 0 Å². The van der Waals surface area contributed by atoms with Crippen LogP contribution in [0.3, 0.4) is 0 Å². The monoisotopic (exact) mass is 558 g/mol. The highest BCUT2D eigenvalue weighted by Gasteiger charge is 2.10. The van der Waals surface area contributed by atoms with Gasteiger partial charge in [0, 0.05) is 12.4 Å². The molecule has 0 spiro atoms. The molecule has 0 aromatic carbocycles. The van der Waals surface area contributed by atoms with Gasteiger partial charge in [-0.3, -0.25) is 9.97 Å². The summed E-state index contributed by atoms with van der Waals surface area (Å²) in [6.45, 7) is 0. The van der Waals surface area contributed by atoms with Crippen molar-refractivity contribution in [2.45, 2.75) is 0 Å². The maximum Gasteiger partial charge on any atom is 0.257 e. The van der Waals surface area contributed by atoms with Crippen LogP contribution in [0.4, 0.5) is 0 Å². The number of hydrogen-bond donors (Lipinski definition) is 4. The number of nitrogens with two attached hydrogens (primary N) is 2. The van der Waals surface area contributed by atoms with E-state index in [1.54, 1.807) is 73.1 Å². The molecular weight excluding hydrogens is 536 g/mol. The molecule has 14 nitrogen and oxygen atoms in total. The van der Waals surface area contributed by atoms with Gasteiger partial charge in [0.15, 0.2) is 11.7 Å². The fraction of sp³-hybridized carbons (Fsp3) is 0. The highest BCUT2D eigenvalue weighted by atomic mass is 16.3. The molecule has 0 unspecified atom stereocenters. The minimum absolute atomic E-state index is 0.138. The van der Waals surface area contributed by atoms with E-state index >= 15 is 0 Å². The lowest BCUT2D eigenvalue weighted by Crippen LogP contribution is -2.20. The molecule has 0 aliphatic heterocycles. The van der Waals surface area contributed by atoms with E-state index in [2.05, 4.69) is 50.3 Å². The molecule has 5 heterocycles. The summed E-state index contributed by atoms with van der Waals surface area (Å²) in [7, 11) is 0. The summed E-state index contributed by atoms with van der Waals surface area (Å²) in [4.78, 5) is 25.3. The molecule has 0 fully saturated rings. The molecule has 0 amide bonds. The van der Waals surface area contributed by atoms with E-state index in [0.717, 1.165) is 0 Å². The van der Waals surface area contributed by atoms with Crippen molar-refractivity contribution < 1.29 is 10.2 Å². The van der Waals surface area contributed by atoms with Crippen LogP contribution in [-0.4, -0.2) is 63.6 Å². The first-order valence-electron chi connectivity index (χ1n) is 12.3. The molecule has 0 aliphatic rings. The van der Waals surface area contributed by atoms with Gasteiger partial charge < -0.3 is 21.7 Å². The fourth-order valence-electron chi connectivity index (χ4n) is 3.48. The Morgan fingerprint density at radius 3 is 1.38 bits per heavy atom. The van der Waals surface area contributed by atoms with Crippen LogP contribution >= 0.6 is 0 Å². The lowest BCUT2D eigenvalue weighted by atomic mass is 10.2. The Hall–Kier alpha value is -6.44. The summed E-state index contributed by atoms with van der Waals surface area (Å²) in [5.74, 6) is -1.20. The molecule has 5 aromatic rings. The highest BCUT2D eigenvalue weighted by Crippen LogP contribution is 2.15. The smallest absolute Gasteiger partial charge is 0.257 e. The number of rotatable bonds is 8. The van der Waals surface area contributed by atoms with Crippen LogP contribution in [-0.2, 0) is 0 Å². The molecule has 0 radical (unpaired) electrons. The van der Waals surface area contributed by atoms with Crippen molar-refractivity contribution in [3.8, 4) is 22.8 Å². The second kappa shape index (κ2) is 12.6. The predicted octanol–water partition coefficient (Wildman–Crippen LogP) is 2.64. The maximum absolute atomic E-state index is 10.4. The zero-order valence-electron chi connectivity index (χ0n) is 21.8. The SMILES string of the molecule is N/C(=N\N=C(/O)c1cccc(-c2ccccn2)n1)c1cc(/C(N)=N/N=C(\O)c2cccc(-c3ccccn3)n2)ncn1. The second-order valence-electron chi connectivity index (χ2n) is 8.35. The van der Waals surface area contributed by atoms with Gasteiger partial charge >= 0.3 is 0 Å². The minimum Gasteiger partial charge on any atom is -0.491 e. The topological polar surface area (TPSA) is 219 Å². The zero-order valence-corrected chi connectivity index (χ0v) is 21.8. The maximum atomic E-state index is 10.4. The van der Waals surface area contributed by atoms with Gasteiger partial charge in [0.05, 0.1) is 22.8 Å². The Morgan fingerprint density at radius 2 is 0.952 bits per heavy atom. The normalized spacial score (nSPS) is 12.8. The second-order valence-corrected chi connectivity index (χ2v) is 8.35. The van der Waals surface area contributed by atoms with Crippen molar-refractivity contribution in [2.75, 3.05) is 0 Å². The van der Waals surface area contributed by atoms with E-state index in [1.807, 2.05) is 12.1 Å². The van der Waals surface area contributed by atoms with Gasteiger partial charge in [-0.2, -0.15) is 0 Å². The van der Waals surface area contributed by atoms with E-state index in [-0.39, 0.29) is 34.4 Å². The molecule has 0 bridgehead atoms. The molecule has 206 valence electrons. The van der Waals surface area contributed by atoms with Crippen molar-refractivity contribution in [1.29, 1.82) is 0 Å². The van der Waals surface area contributed by atoms with Gasteiger partial charge in [-0.1, -0.05) is 24.3 Å². The van der Waals surface area contributed by atoms with Crippen LogP contribution < -0.4 is 11.5 Å². The van der Waals surface area contributed by atoms with Crippen LogP contribution in [0.1, 0.15) is 22.8 Å². The third-order valence-electron chi connectivity index (χ3n) is 5.51. The standard InChI is InChI=1S/C28H22N12O2/c29-25(37-39-27(41)21-11-5-9-19(35-21)17-7-1-3-13-31-17)23-15-24(34-16-33-23)26(30)38-40-28(42)22-12-6-10-20(36-22)18-8-2-4-14-32-18/h1-16H,(H2,29,37)(H2,30,38)(H,39,41)(H,40,42). The Labute approximate surface area is 238 Å². The largest absolute Gasteiger partial charge is 0.491 e. The molecule has 0 aliphatic carbocycles. The third-order valence-corrected chi connectivity index (χ3v) is 5.51. The van der Waals surface area contributed by atoms with Crippen molar-refractivity contribution >= 4 is 23.5 Å². The van der Waals surface area contributed by atoms with Crippen LogP contribution in [0, 0.1) is 0 Å². The molecule has 14 heteroatoms. The summed E-state index contributed by atoms with van der Waals surface area (Å²) in [6.07, 6.45) is 4.48. The van der Waals surface area contributed by atoms with Gasteiger partial charge in [-0.25, -0.2) is 19.9 Å². The Kier molecular flexibility index (Phi) is 8.15. The summed E-state index contributed by atoms with van der Waals surface area (Å²) in [5.41, 5.74) is 15.1. The Balaban J connectivity index is 1.32. The number of amidine groups is 2. The fourth-order valence-corrected chi connectivity index (χ4v) is 3.48. The molecule has 5 rings (SSSR count). The van der Waals surface area contributed by atoms with Crippen LogP contribution in [0.25, 0.3) is 22.8 Å². The molecule has 42 heavy (non-hydrogen) atoms.